The van der Waals surface area contributed by atoms with Crippen LogP contribution in [0.2, 0.25) is 0 Å². The summed E-state index contributed by atoms with van der Waals surface area (Å²) in [6.07, 6.45) is 13.3. The van der Waals surface area contributed by atoms with Crippen LogP contribution in [-0.4, -0.2) is 58.5 Å². The van der Waals surface area contributed by atoms with Crippen LogP contribution in [-0.2, 0) is 14.4 Å². The third kappa shape index (κ3) is 13.5. The fourth-order valence-electron chi connectivity index (χ4n) is 4.07. The van der Waals surface area contributed by atoms with Gasteiger partial charge in [0, 0.05) is 43.8 Å². The summed E-state index contributed by atoms with van der Waals surface area (Å²) >= 11 is 0. The van der Waals surface area contributed by atoms with Crippen LogP contribution >= 0.6 is 0 Å². The van der Waals surface area contributed by atoms with E-state index >= 15 is 0 Å². The quantitative estimate of drug-likeness (QED) is 0.417. The predicted molar refractivity (Wildman–Crippen MR) is 148 cm³/mol. The lowest BCUT2D eigenvalue weighted by Gasteiger charge is -2.25. The van der Waals surface area contributed by atoms with Gasteiger partial charge >= 0.3 is 5.97 Å². The zero-order chi connectivity index (χ0) is 27.5. The summed E-state index contributed by atoms with van der Waals surface area (Å²) in [5.74, 6) is -1.56. The first kappa shape index (κ1) is 31.6. The topological polar surface area (TPSA) is 112 Å². The van der Waals surface area contributed by atoms with E-state index in [4.69, 9.17) is 5.11 Å². The molecule has 1 atom stereocenters. The number of hydrogen-bond acceptors (Lipinski definition) is 5. The molecule has 0 bridgehead atoms. The maximum Gasteiger partial charge on any atom is 0.305 e. The van der Waals surface area contributed by atoms with Crippen molar-refractivity contribution in [2.45, 2.75) is 78.2 Å². The van der Waals surface area contributed by atoms with Crippen molar-refractivity contribution in [1.29, 1.82) is 0 Å². The molecular weight excluding hydrogens is 468 g/mol. The minimum atomic E-state index is -0.973. The third-order valence-corrected chi connectivity index (χ3v) is 6.03. The molecule has 1 unspecified atom stereocenters. The lowest BCUT2D eigenvalue weighted by atomic mass is 10.0. The summed E-state index contributed by atoms with van der Waals surface area (Å²) < 4.78 is 0. The zero-order valence-corrected chi connectivity index (χ0v) is 22.7. The molecule has 8 heteroatoms. The Balaban J connectivity index is 0.000000735. The molecule has 8 nitrogen and oxygen atoms in total. The molecule has 0 aliphatic carbocycles. The van der Waals surface area contributed by atoms with E-state index < -0.39 is 11.9 Å². The van der Waals surface area contributed by atoms with Gasteiger partial charge in [0.25, 0.3) is 0 Å². The van der Waals surface area contributed by atoms with E-state index in [1.54, 1.807) is 12.4 Å². The van der Waals surface area contributed by atoms with Gasteiger partial charge in [0.1, 0.15) is 6.42 Å². The molecule has 0 saturated carbocycles. The zero-order valence-electron chi connectivity index (χ0n) is 22.7. The minimum absolute atomic E-state index is 0.0479. The molecule has 3 heterocycles. The Morgan fingerprint density at radius 2 is 1.92 bits per heavy atom. The van der Waals surface area contributed by atoms with Crippen molar-refractivity contribution in [3.05, 3.63) is 66.2 Å². The van der Waals surface area contributed by atoms with Gasteiger partial charge in [0.15, 0.2) is 0 Å². The summed E-state index contributed by atoms with van der Waals surface area (Å²) in [5.41, 5.74) is 3.53. The first-order valence-corrected chi connectivity index (χ1v) is 13.3. The fourth-order valence-corrected chi connectivity index (χ4v) is 4.07. The van der Waals surface area contributed by atoms with Gasteiger partial charge in [-0.3, -0.25) is 19.4 Å². The second kappa shape index (κ2) is 18.8. The molecule has 37 heavy (non-hydrogen) atoms. The van der Waals surface area contributed by atoms with Gasteiger partial charge in [-0.05, 0) is 63.2 Å². The standard InChI is InChI=1S/C22H33N3O4.C5H5N.C2H6/c1-16(7-9-18-5-3-12-23-17(18)2)8-10-19-6-4-14-25(19)21(27)15-20(26)24-13-11-22(28)29;1-2-4-6-5-3-1;1-2/h7,9,19,23H,2-6,8,10-15H2,1H3,(H,24,26)(H,28,29);1-5H;1-2H3/b16-7+,18-9-;;. The lowest BCUT2D eigenvalue weighted by molar-refractivity contribution is -0.137. The smallest absolute Gasteiger partial charge is 0.305 e. The van der Waals surface area contributed by atoms with Gasteiger partial charge in [-0.15, -0.1) is 0 Å². The number of aromatic nitrogens is 1. The molecule has 3 N–H and O–H groups in total. The Bertz CT molecular complexity index is 885. The van der Waals surface area contributed by atoms with Crippen LogP contribution in [0.3, 0.4) is 0 Å². The molecular formula is C29H44N4O4. The Kier molecular flexibility index (Phi) is 16.1. The van der Waals surface area contributed by atoms with Crippen LogP contribution in [0.4, 0.5) is 0 Å². The highest BCUT2D eigenvalue weighted by Crippen LogP contribution is 2.24. The van der Waals surface area contributed by atoms with Gasteiger partial charge in [-0.25, -0.2) is 0 Å². The number of carboxylic acid groups (broad SMARTS) is 1. The van der Waals surface area contributed by atoms with E-state index in [-0.39, 0.29) is 31.3 Å². The molecule has 2 amide bonds. The number of nitrogens with one attached hydrogen (secondary N) is 2. The first-order valence-electron chi connectivity index (χ1n) is 13.3. The number of aliphatic carboxylic acids is 1. The van der Waals surface area contributed by atoms with Gasteiger partial charge in [0.05, 0.1) is 6.42 Å². The lowest BCUT2D eigenvalue weighted by Crippen LogP contribution is -2.39. The van der Waals surface area contributed by atoms with E-state index in [0.29, 0.717) is 6.54 Å². The van der Waals surface area contributed by atoms with Crippen molar-refractivity contribution in [2.24, 2.45) is 0 Å². The van der Waals surface area contributed by atoms with Crippen LogP contribution in [0.5, 0.6) is 0 Å². The van der Waals surface area contributed by atoms with Crippen molar-refractivity contribution in [3.63, 3.8) is 0 Å². The minimum Gasteiger partial charge on any atom is -0.481 e. The number of carboxylic acids is 1. The summed E-state index contributed by atoms with van der Waals surface area (Å²) in [6.45, 7) is 11.9. The summed E-state index contributed by atoms with van der Waals surface area (Å²) in [4.78, 5) is 40.4. The number of likely N-dealkylation sites (tertiary alicyclic amines) is 1. The molecule has 2 saturated heterocycles. The SMILES string of the molecule is C=C1NCCC/C1=C/C=C(\C)CCC1CCCN1C(=O)CC(=O)NCCC(=O)O.CC.c1ccncc1. The molecule has 2 fully saturated rings. The highest BCUT2D eigenvalue weighted by molar-refractivity contribution is 5.97. The van der Waals surface area contributed by atoms with E-state index in [2.05, 4.69) is 41.3 Å². The largest absolute Gasteiger partial charge is 0.481 e. The second-order valence-corrected chi connectivity index (χ2v) is 8.83. The molecule has 3 rings (SSSR count). The average molecular weight is 513 g/mol. The highest BCUT2D eigenvalue weighted by Gasteiger charge is 2.29. The van der Waals surface area contributed by atoms with Gasteiger partial charge in [-0.2, -0.15) is 0 Å². The maximum absolute atomic E-state index is 12.5. The monoisotopic (exact) mass is 512 g/mol. The molecule has 2 aliphatic rings. The first-order chi connectivity index (χ1) is 17.9. The number of amides is 2. The Hall–Kier alpha value is -3.42. The number of allylic oxidation sites excluding steroid dienone is 4. The van der Waals surface area contributed by atoms with Crippen LogP contribution in [0.25, 0.3) is 0 Å². The molecule has 0 radical (unpaired) electrons. The number of carbonyl (C=O) groups excluding carboxylic acids is 2. The molecule has 204 valence electrons. The Morgan fingerprint density at radius 1 is 1.19 bits per heavy atom. The van der Waals surface area contributed by atoms with Crippen LogP contribution < -0.4 is 10.6 Å². The van der Waals surface area contributed by atoms with Crippen molar-refractivity contribution in [1.82, 2.24) is 20.5 Å². The van der Waals surface area contributed by atoms with Gasteiger partial charge < -0.3 is 20.6 Å². The van der Waals surface area contributed by atoms with Crippen LogP contribution in [0.1, 0.15) is 72.1 Å². The molecule has 0 aromatic carbocycles. The number of carbonyl (C=O) groups is 3. The third-order valence-electron chi connectivity index (χ3n) is 6.03. The summed E-state index contributed by atoms with van der Waals surface area (Å²) in [7, 11) is 0. The Morgan fingerprint density at radius 3 is 2.51 bits per heavy atom. The van der Waals surface area contributed by atoms with E-state index in [0.717, 1.165) is 50.8 Å². The Labute approximate surface area is 221 Å². The number of rotatable bonds is 9. The maximum atomic E-state index is 12.5. The average Bonchev–Trinajstić information content (AvgIpc) is 3.38. The van der Waals surface area contributed by atoms with E-state index in [9.17, 15) is 14.4 Å². The van der Waals surface area contributed by atoms with Crippen molar-refractivity contribution in [2.75, 3.05) is 19.6 Å². The summed E-state index contributed by atoms with van der Waals surface area (Å²) in [6, 6.07) is 5.88. The predicted octanol–water partition coefficient (Wildman–Crippen LogP) is 4.62. The van der Waals surface area contributed by atoms with Crippen LogP contribution in [0, 0.1) is 0 Å². The summed E-state index contributed by atoms with van der Waals surface area (Å²) in [5, 5.41) is 14.4. The molecule has 1 aromatic rings. The second-order valence-electron chi connectivity index (χ2n) is 8.83. The number of hydrogen-bond donors (Lipinski definition) is 3. The van der Waals surface area contributed by atoms with Crippen LogP contribution in [0.15, 0.2) is 66.2 Å². The molecule has 1 aromatic heterocycles. The number of nitrogens with zero attached hydrogens (tertiary/aromatic N) is 2. The van der Waals surface area contributed by atoms with Crippen molar-refractivity contribution < 1.29 is 19.5 Å². The van der Waals surface area contributed by atoms with Gasteiger partial charge in [0.2, 0.25) is 11.8 Å². The molecule has 0 spiro atoms. The van der Waals surface area contributed by atoms with Crippen molar-refractivity contribution >= 4 is 17.8 Å². The number of piperidine rings is 1. The van der Waals surface area contributed by atoms with E-state index in [1.807, 2.05) is 36.9 Å². The van der Waals surface area contributed by atoms with Crippen molar-refractivity contribution in [3.8, 4) is 0 Å². The number of pyridine rings is 1. The normalized spacial score (nSPS) is 18.1. The highest BCUT2D eigenvalue weighted by atomic mass is 16.4. The fraction of sp³-hybridized carbons (Fsp3) is 0.517. The van der Waals surface area contributed by atoms with Gasteiger partial charge in [-0.1, -0.05) is 44.2 Å². The van der Waals surface area contributed by atoms with E-state index in [1.165, 1.54) is 11.1 Å². The molecule has 2 aliphatic heterocycles.